The van der Waals surface area contributed by atoms with Crippen LogP contribution in [0.4, 0.5) is 11.6 Å². The second kappa shape index (κ2) is 8.05. The highest BCUT2D eigenvalue weighted by Crippen LogP contribution is 2.40. The number of piperidine rings is 1. The van der Waals surface area contributed by atoms with Gasteiger partial charge in [0.15, 0.2) is 0 Å². The van der Waals surface area contributed by atoms with Gasteiger partial charge in [-0.05, 0) is 38.2 Å². The van der Waals surface area contributed by atoms with Crippen molar-refractivity contribution in [2.45, 2.75) is 54.9 Å². The molecule has 3 aliphatic rings. The van der Waals surface area contributed by atoms with E-state index in [1.54, 1.807) is 12.4 Å². The Balaban J connectivity index is 1.37. The second-order valence-corrected chi connectivity index (χ2v) is 10.5. The molecule has 0 bridgehead atoms. The van der Waals surface area contributed by atoms with Crippen LogP contribution in [0, 0.1) is 0 Å². The molecule has 2 N–H and O–H groups in total. The van der Waals surface area contributed by atoms with Crippen molar-refractivity contribution in [3.05, 3.63) is 34.9 Å². The lowest BCUT2D eigenvalue weighted by Crippen LogP contribution is -2.48. The molecule has 7 nitrogen and oxygen atoms in total. The van der Waals surface area contributed by atoms with Crippen molar-refractivity contribution in [3.8, 4) is 0 Å². The number of pyridine rings is 1. The molecule has 1 saturated heterocycles. The van der Waals surface area contributed by atoms with Gasteiger partial charge in [-0.3, -0.25) is 9.19 Å². The topological polar surface area (TPSA) is 91.2 Å². The van der Waals surface area contributed by atoms with E-state index < -0.39 is 10.8 Å². The Labute approximate surface area is 183 Å². The lowest BCUT2D eigenvalue weighted by atomic mass is 9.77. The van der Waals surface area contributed by atoms with Crippen LogP contribution in [-0.4, -0.2) is 55.3 Å². The zero-order valence-electron chi connectivity index (χ0n) is 16.8. The highest BCUT2D eigenvalue weighted by Gasteiger charge is 2.38. The van der Waals surface area contributed by atoms with Crippen molar-refractivity contribution in [2.24, 2.45) is 0 Å². The van der Waals surface area contributed by atoms with Gasteiger partial charge in [0.2, 0.25) is 5.95 Å². The predicted molar refractivity (Wildman–Crippen MR) is 118 cm³/mol. The van der Waals surface area contributed by atoms with Gasteiger partial charge in [0.1, 0.15) is 0 Å². The first kappa shape index (κ1) is 20.2. The molecule has 2 aromatic rings. The van der Waals surface area contributed by atoms with Crippen LogP contribution in [0.15, 0.2) is 23.4 Å². The summed E-state index contributed by atoms with van der Waals surface area (Å²) in [6, 6.07) is 2.09. The van der Waals surface area contributed by atoms with E-state index >= 15 is 0 Å². The first-order chi connectivity index (χ1) is 14.6. The largest absolute Gasteiger partial charge is 0.394 e. The van der Waals surface area contributed by atoms with Crippen molar-refractivity contribution in [2.75, 3.05) is 35.7 Å². The predicted octanol–water partition coefficient (Wildman–Crippen LogP) is 2.90. The van der Waals surface area contributed by atoms with Crippen LogP contribution in [0.3, 0.4) is 0 Å². The van der Waals surface area contributed by atoms with Gasteiger partial charge in [0.05, 0.1) is 56.6 Å². The van der Waals surface area contributed by atoms with Gasteiger partial charge in [-0.1, -0.05) is 11.6 Å². The molecule has 9 heteroatoms. The summed E-state index contributed by atoms with van der Waals surface area (Å²) in [5, 5.41) is 14.0. The standard InChI is InChI=1S/C21H26ClN5O2S/c22-15-11-23-20(24-12-15)27-7-2-14(3-8-27)17-10-18(26-21(13-28)5-1-6-21)19-16(25-17)4-9-30(19)29/h10-12,14,28H,1-9,13H2,(H,25,26). The third-order valence-electron chi connectivity index (χ3n) is 6.63. The van der Waals surface area contributed by atoms with Crippen molar-refractivity contribution in [1.82, 2.24) is 15.0 Å². The monoisotopic (exact) mass is 447 g/mol. The molecule has 2 aliphatic heterocycles. The highest BCUT2D eigenvalue weighted by molar-refractivity contribution is 7.85. The van der Waals surface area contributed by atoms with Crippen molar-refractivity contribution >= 4 is 34.0 Å². The molecule has 1 atom stereocenters. The number of nitrogens with one attached hydrogen (secondary N) is 1. The van der Waals surface area contributed by atoms with Gasteiger partial charge in [-0.25, -0.2) is 9.97 Å². The van der Waals surface area contributed by atoms with Gasteiger partial charge in [0.25, 0.3) is 0 Å². The van der Waals surface area contributed by atoms with E-state index in [-0.39, 0.29) is 12.1 Å². The minimum absolute atomic E-state index is 0.103. The van der Waals surface area contributed by atoms with Crippen LogP contribution < -0.4 is 10.2 Å². The summed E-state index contributed by atoms with van der Waals surface area (Å²) in [4.78, 5) is 16.6. The third kappa shape index (κ3) is 3.69. The normalized spacial score (nSPS) is 23.1. The molecular weight excluding hydrogens is 422 g/mol. The number of fused-ring (bicyclic) bond motifs is 1. The average Bonchev–Trinajstić information content (AvgIpc) is 3.12. The molecule has 4 heterocycles. The van der Waals surface area contributed by atoms with E-state index in [0.717, 1.165) is 73.6 Å². The van der Waals surface area contributed by atoms with Gasteiger partial charge in [0, 0.05) is 36.9 Å². The first-order valence-electron chi connectivity index (χ1n) is 10.6. The third-order valence-corrected chi connectivity index (χ3v) is 8.31. The molecule has 5 rings (SSSR count). The molecule has 0 aromatic carbocycles. The second-order valence-electron chi connectivity index (χ2n) is 8.55. The minimum atomic E-state index is -1.01. The quantitative estimate of drug-likeness (QED) is 0.728. The highest BCUT2D eigenvalue weighted by atomic mass is 35.5. The van der Waals surface area contributed by atoms with Gasteiger partial charge >= 0.3 is 0 Å². The van der Waals surface area contributed by atoms with Crippen LogP contribution in [0.25, 0.3) is 0 Å². The number of hydrogen-bond donors (Lipinski definition) is 2. The number of anilines is 2. The maximum absolute atomic E-state index is 12.6. The van der Waals surface area contributed by atoms with Crippen molar-refractivity contribution in [3.63, 3.8) is 0 Å². The number of aliphatic hydroxyl groups is 1. The van der Waals surface area contributed by atoms with Crippen molar-refractivity contribution in [1.29, 1.82) is 0 Å². The number of aryl methyl sites for hydroxylation is 1. The Kier molecular flexibility index (Phi) is 5.41. The number of rotatable bonds is 5. The minimum Gasteiger partial charge on any atom is -0.394 e. The zero-order valence-corrected chi connectivity index (χ0v) is 18.4. The van der Waals surface area contributed by atoms with Crippen LogP contribution in [0.5, 0.6) is 0 Å². The van der Waals surface area contributed by atoms with Crippen LogP contribution in [0.2, 0.25) is 5.02 Å². The van der Waals surface area contributed by atoms with Crippen LogP contribution in [0.1, 0.15) is 49.4 Å². The Bertz CT molecular complexity index is 953. The van der Waals surface area contributed by atoms with Crippen LogP contribution >= 0.6 is 11.6 Å². The molecule has 2 aromatic heterocycles. The Hall–Kier alpha value is -1.77. The lowest BCUT2D eigenvalue weighted by molar-refractivity contribution is 0.144. The fourth-order valence-electron chi connectivity index (χ4n) is 4.68. The van der Waals surface area contributed by atoms with E-state index in [9.17, 15) is 9.32 Å². The maximum Gasteiger partial charge on any atom is 0.225 e. The molecule has 0 spiro atoms. The molecular formula is C21H26ClN5O2S. The van der Waals surface area contributed by atoms with Gasteiger partial charge < -0.3 is 15.3 Å². The fraction of sp³-hybridized carbons (Fsp3) is 0.571. The maximum atomic E-state index is 12.6. The summed E-state index contributed by atoms with van der Waals surface area (Å²) in [6.45, 7) is 1.83. The molecule has 1 saturated carbocycles. The number of halogens is 1. The van der Waals surface area contributed by atoms with E-state index in [0.29, 0.717) is 22.6 Å². The SMILES string of the molecule is O=S1CCc2nc(C3CCN(c4ncc(Cl)cn4)CC3)cc(NC3(CO)CCC3)c21. The number of hydrogen-bond acceptors (Lipinski definition) is 7. The molecule has 1 aliphatic carbocycles. The molecule has 30 heavy (non-hydrogen) atoms. The molecule has 0 radical (unpaired) electrons. The molecule has 0 amide bonds. The number of nitrogens with zero attached hydrogens (tertiary/aromatic N) is 4. The fourth-order valence-corrected chi connectivity index (χ4v) is 6.13. The van der Waals surface area contributed by atoms with E-state index in [4.69, 9.17) is 16.6 Å². The molecule has 1 unspecified atom stereocenters. The van der Waals surface area contributed by atoms with E-state index in [2.05, 4.69) is 26.3 Å². The summed E-state index contributed by atoms with van der Waals surface area (Å²) in [5.41, 5.74) is 2.68. The van der Waals surface area contributed by atoms with Gasteiger partial charge in [-0.15, -0.1) is 0 Å². The summed E-state index contributed by atoms with van der Waals surface area (Å²) in [7, 11) is -1.01. The molecule has 160 valence electrons. The summed E-state index contributed by atoms with van der Waals surface area (Å²) >= 11 is 5.90. The lowest BCUT2D eigenvalue weighted by Gasteiger charge is -2.42. The molecule has 2 fully saturated rings. The Morgan fingerprint density at radius 3 is 2.63 bits per heavy atom. The van der Waals surface area contributed by atoms with Gasteiger partial charge in [-0.2, -0.15) is 0 Å². The Morgan fingerprint density at radius 1 is 1.27 bits per heavy atom. The zero-order chi connectivity index (χ0) is 20.7. The Morgan fingerprint density at radius 2 is 2.00 bits per heavy atom. The first-order valence-corrected chi connectivity index (χ1v) is 12.3. The van der Waals surface area contributed by atoms with Crippen LogP contribution in [-0.2, 0) is 17.2 Å². The number of aliphatic hydroxyl groups excluding tert-OH is 1. The summed E-state index contributed by atoms with van der Waals surface area (Å²) in [6.07, 6.45) is 8.96. The number of aromatic nitrogens is 3. The average molecular weight is 448 g/mol. The smallest absolute Gasteiger partial charge is 0.225 e. The summed E-state index contributed by atoms with van der Waals surface area (Å²) in [5.74, 6) is 1.70. The van der Waals surface area contributed by atoms with Crippen molar-refractivity contribution < 1.29 is 9.32 Å². The van der Waals surface area contributed by atoms with E-state index in [1.807, 2.05) is 0 Å². The summed E-state index contributed by atoms with van der Waals surface area (Å²) < 4.78 is 12.6. The van der Waals surface area contributed by atoms with E-state index in [1.165, 1.54) is 0 Å².